The normalized spacial score (nSPS) is 22.8. The van der Waals surface area contributed by atoms with Crippen LogP contribution in [-0.2, 0) is 19.6 Å². The van der Waals surface area contributed by atoms with Gasteiger partial charge in [-0.3, -0.25) is 4.79 Å². The third kappa shape index (κ3) is 4.85. The van der Waals surface area contributed by atoms with Crippen molar-refractivity contribution in [2.24, 2.45) is 17.8 Å². The van der Waals surface area contributed by atoms with Crippen LogP contribution in [-0.4, -0.2) is 50.6 Å². The molecule has 0 amide bonds. The Morgan fingerprint density at radius 3 is 2.50 bits per heavy atom. The number of rotatable bonds is 8. The summed E-state index contributed by atoms with van der Waals surface area (Å²) in [7, 11) is -4.08. The Kier molecular flexibility index (Phi) is 6.89. The Morgan fingerprint density at radius 1 is 1.04 bits per heavy atom. The van der Waals surface area contributed by atoms with Gasteiger partial charge in [-0.1, -0.05) is 17.7 Å². The molecule has 4 saturated carbocycles. The van der Waals surface area contributed by atoms with Gasteiger partial charge < -0.3 is 10.1 Å². The van der Waals surface area contributed by atoms with Gasteiger partial charge in [0.2, 0.25) is 0 Å². The number of aryl methyl sites for hydroxylation is 1. The maximum atomic E-state index is 14.7. The second-order valence-electron chi connectivity index (χ2n) is 13.0. The molecule has 1 aromatic carbocycles. The summed E-state index contributed by atoms with van der Waals surface area (Å²) in [6.45, 7) is 4.03. The number of hydrogen-bond donors (Lipinski definition) is 1. The van der Waals surface area contributed by atoms with E-state index in [2.05, 4.69) is 16.4 Å². The number of aromatic nitrogens is 5. The van der Waals surface area contributed by atoms with Crippen LogP contribution < -0.4 is 5.32 Å². The van der Waals surface area contributed by atoms with Crippen molar-refractivity contribution in [3.63, 3.8) is 0 Å². The van der Waals surface area contributed by atoms with Gasteiger partial charge in [-0.15, -0.1) is 5.10 Å². The molecule has 12 heteroatoms. The molecule has 0 radical (unpaired) electrons. The smallest absolute Gasteiger partial charge is 0.311 e. The quantitative estimate of drug-likeness (QED) is 0.202. The number of benzene rings is 1. The van der Waals surface area contributed by atoms with Crippen LogP contribution in [0, 0.1) is 30.5 Å². The number of anilines is 1. The molecule has 5 aromatic rings. The number of halogens is 1. The Balaban J connectivity index is 1.29. The minimum atomic E-state index is -4.08. The number of hydrogen-bond acceptors (Lipinski definition) is 8. The summed E-state index contributed by atoms with van der Waals surface area (Å²) in [6, 6.07) is 9.74. The van der Waals surface area contributed by atoms with E-state index < -0.39 is 15.8 Å². The fourth-order valence-electron chi connectivity index (χ4n) is 7.51. The van der Waals surface area contributed by atoms with Crippen LogP contribution >= 0.6 is 0 Å². The highest BCUT2D eigenvalue weighted by Crippen LogP contribution is 2.47. The van der Waals surface area contributed by atoms with Crippen LogP contribution in [0.3, 0.4) is 0 Å². The molecule has 0 unspecified atom stereocenters. The van der Waals surface area contributed by atoms with Gasteiger partial charge in [0.1, 0.15) is 11.3 Å². The predicted octanol–water partition coefficient (Wildman–Crippen LogP) is 6.09. The van der Waals surface area contributed by atoms with E-state index >= 15 is 0 Å². The molecule has 4 aliphatic rings. The Bertz CT molecular complexity index is 2100. The highest BCUT2D eigenvalue weighted by atomic mass is 32.2. The van der Waals surface area contributed by atoms with E-state index in [-0.39, 0.29) is 51.5 Å². The second-order valence-corrected chi connectivity index (χ2v) is 14.8. The van der Waals surface area contributed by atoms with Crippen LogP contribution in [0.2, 0.25) is 0 Å². The fourth-order valence-corrected chi connectivity index (χ4v) is 8.84. The maximum Gasteiger partial charge on any atom is 0.311 e. The monoisotopic (exact) mass is 642 g/mol. The molecule has 238 valence electrons. The van der Waals surface area contributed by atoms with E-state index in [1.807, 2.05) is 20.0 Å². The molecule has 0 spiro atoms. The number of carbonyl (C=O) groups excluding carboxylic acids is 1. The first-order valence-corrected chi connectivity index (χ1v) is 17.5. The number of nitrogens with zero attached hydrogens (tertiary/aromatic N) is 5. The second kappa shape index (κ2) is 10.9. The molecule has 0 saturated heterocycles. The number of ether oxygens (including phenoxy) is 1. The van der Waals surface area contributed by atoms with Crippen LogP contribution in [0.4, 0.5) is 10.2 Å². The summed E-state index contributed by atoms with van der Waals surface area (Å²) in [5.41, 5.74) is 3.26. The number of carbonyl (C=O) groups is 1. The molecule has 10 nitrogen and oxygen atoms in total. The van der Waals surface area contributed by atoms with Crippen molar-refractivity contribution in [3.05, 3.63) is 71.9 Å². The van der Waals surface area contributed by atoms with Crippen LogP contribution in [0.25, 0.3) is 27.9 Å². The zero-order valence-electron chi connectivity index (χ0n) is 25.7. The molecule has 4 aromatic heterocycles. The van der Waals surface area contributed by atoms with E-state index in [1.165, 1.54) is 12.3 Å². The average Bonchev–Trinajstić information content (AvgIpc) is 3.69. The van der Waals surface area contributed by atoms with Gasteiger partial charge in [0.25, 0.3) is 10.0 Å². The lowest BCUT2D eigenvalue weighted by molar-refractivity contribution is -0.154. The number of nitrogens with one attached hydrogen (secondary N) is 1. The summed E-state index contributed by atoms with van der Waals surface area (Å²) in [5.74, 6) is 0.680. The fraction of sp³-hybridized carbons (Fsp3) is 0.412. The first-order valence-electron chi connectivity index (χ1n) is 16.0. The molecule has 1 N–H and O–H groups in total. The molecule has 0 aliphatic heterocycles. The predicted molar refractivity (Wildman–Crippen MR) is 170 cm³/mol. The average molecular weight is 643 g/mol. The van der Waals surface area contributed by atoms with Gasteiger partial charge >= 0.3 is 5.97 Å². The standard InChI is InChI=1S/C34H35FN6O4S/c1-3-45-34(42)29-21-8-10-22(11-9-21)30(29)37-32-28-14-23(20-6-7-20)17-40(28)39-31(38-32)27-18-41(33-26(27)15-24(35)16-36-33)46(43,44)25-12-4-19(2)5-13-25/h4-5,12-18,20-22,29-30H,3,6-11H2,1-2H3,(H,37,38,39)/t21?,22?,29-,30-/m0/s1. The lowest BCUT2D eigenvalue weighted by Crippen LogP contribution is -2.52. The lowest BCUT2D eigenvalue weighted by Gasteiger charge is -2.47. The number of fused-ring (bicyclic) bond motifs is 5. The third-order valence-electron chi connectivity index (χ3n) is 10.0. The number of esters is 1. The minimum absolute atomic E-state index is 0.0772. The summed E-state index contributed by atoms with van der Waals surface area (Å²) < 4.78 is 50.8. The van der Waals surface area contributed by atoms with Crippen molar-refractivity contribution in [1.29, 1.82) is 0 Å². The molecule has 4 aliphatic carbocycles. The summed E-state index contributed by atoms with van der Waals surface area (Å²) >= 11 is 0. The van der Waals surface area contributed by atoms with Crippen molar-refractivity contribution in [2.45, 2.75) is 69.2 Å². The molecular weight excluding hydrogens is 607 g/mol. The van der Waals surface area contributed by atoms with E-state index in [4.69, 9.17) is 14.8 Å². The van der Waals surface area contributed by atoms with E-state index in [1.54, 1.807) is 28.8 Å². The van der Waals surface area contributed by atoms with Crippen molar-refractivity contribution in [1.82, 2.24) is 23.6 Å². The summed E-state index contributed by atoms with van der Waals surface area (Å²) in [6.07, 6.45) is 10.7. The van der Waals surface area contributed by atoms with Crippen molar-refractivity contribution in [3.8, 4) is 11.4 Å². The Hall–Kier alpha value is -4.32. The SMILES string of the molecule is CCOC(=O)[C@H]1C2CCC(CC2)[C@@H]1Nc1nc(-c2cn(S(=O)(=O)c3ccc(C)cc3)c3ncc(F)cc23)nn2cc(C3CC3)cc12. The highest BCUT2D eigenvalue weighted by molar-refractivity contribution is 7.90. The summed E-state index contributed by atoms with van der Waals surface area (Å²) in [4.78, 5) is 22.5. The highest BCUT2D eigenvalue weighted by Gasteiger charge is 2.48. The summed E-state index contributed by atoms with van der Waals surface area (Å²) in [5, 5.41) is 8.78. The van der Waals surface area contributed by atoms with Crippen molar-refractivity contribution < 1.29 is 22.3 Å². The topological polar surface area (TPSA) is 120 Å². The Labute approximate surface area is 266 Å². The van der Waals surface area contributed by atoms with Crippen molar-refractivity contribution in [2.75, 3.05) is 11.9 Å². The number of pyridine rings is 1. The van der Waals surface area contributed by atoms with Gasteiger partial charge in [-0.25, -0.2) is 31.3 Å². The minimum Gasteiger partial charge on any atom is -0.466 e. The molecule has 9 rings (SSSR count). The zero-order chi connectivity index (χ0) is 31.7. The van der Waals surface area contributed by atoms with Gasteiger partial charge in [0.05, 0.1) is 23.6 Å². The van der Waals surface area contributed by atoms with Gasteiger partial charge in [0.15, 0.2) is 17.3 Å². The van der Waals surface area contributed by atoms with E-state index in [0.717, 1.165) is 65.3 Å². The van der Waals surface area contributed by atoms with Crippen LogP contribution in [0.15, 0.2) is 59.9 Å². The molecule has 46 heavy (non-hydrogen) atoms. The first kappa shape index (κ1) is 29.1. The largest absolute Gasteiger partial charge is 0.466 e. The van der Waals surface area contributed by atoms with Gasteiger partial charge in [-0.05, 0) is 100.0 Å². The first-order chi connectivity index (χ1) is 22.2. The molecule has 4 fully saturated rings. The van der Waals surface area contributed by atoms with E-state index in [0.29, 0.717) is 23.9 Å². The molecular formula is C34H35FN6O4S. The third-order valence-corrected chi connectivity index (χ3v) is 11.7. The molecule has 2 bridgehead atoms. The Morgan fingerprint density at radius 2 is 1.78 bits per heavy atom. The molecule has 2 atom stereocenters. The van der Waals surface area contributed by atoms with Crippen LogP contribution in [0.1, 0.15) is 62.5 Å². The van der Waals surface area contributed by atoms with Gasteiger partial charge in [-0.2, -0.15) is 0 Å². The molecule has 4 heterocycles. The maximum absolute atomic E-state index is 14.7. The van der Waals surface area contributed by atoms with E-state index in [9.17, 15) is 17.6 Å². The van der Waals surface area contributed by atoms with Gasteiger partial charge in [0, 0.05) is 29.4 Å². The van der Waals surface area contributed by atoms with Crippen molar-refractivity contribution >= 4 is 38.4 Å². The lowest BCUT2D eigenvalue weighted by atomic mass is 9.61. The zero-order valence-corrected chi connectivity index (χ0v) is 26.5. The van der Waals surface area contributed by atoms with Crippen LogP contribution in [0.5, 0.6) is 0 Å².